The van der Waals surface area contributed by atoms with E-state index < -0.39 is 40.1 Å². The molecule has 0 amide bonds. The summed E-state index contributed by atoms with van der Waals surface area (Å²) in [4.78, 5) is 44.4. The molecule has 0 aromatic carbocycles. The Morgan fingerprint density at radius 2 is 1.19 bits per heavy atom. The molecule has 0 saturated heterocycles. The molecule has 0 fully saturated rings. The van der Waals surface area contributed by atoms with Gasteiger partial charge < -0.3 is 28.0 Å². The zero-order valence-electron chi connectivity index (χ0n) is 21.9. The maximum Gasteiger partial charge on any atom is 0.330 e. The molecular weight excluding hydrogens is 590 g/mol. The van der Waals surface area contributed by atoms with Crippen molar-refractivity contribution in [3.05, 3.63) is 12.2 Å². The number of ether oxygens (including phenoxy) is 4. The van der Waals surface area contributed by atoms with Crippen LogP contribution >= 0.6 is 34.6 Å². The minimum absolute atomic E-state index is 0.0487. The van der Waals surface area contributed by atoms with Crippen molar-refractivity contribution in [3.63, 3.8) is 0 Å². The fourth-order valence-electron chi connectivity index (χ4n) is 1.56. The van der Waals surface area contributed by atoms with E-state index in [4.69, 9.17) is 42.1 Å². The highest BCUT2D eigenvalue weighted by Gasteiger charge is 2.29. The number of esters is 4. The lowest BCUT2D eigenvalue weighted by molar-refractivity contribution is -0.149. The van der Waals surface area contributed by atoms with Gasteiger partial charge in [0, 0.05) is 26.4 Å². The van der Waals surface area contributed by atoms with Crippen LogP contribution < -0.4 is 0 Å². The van der Waals surface area contributed by atoms with Gasteiger partial charge in [-0.05, 0) is 41.0 Å². The Morgan fingerprint density at radius 1 is 0.806 bits per heavy atom. The lowest BCUT2D eigenvalue weighted by Gasteiger charge is -2.20. The molecule has 0 heterocycles. The maximum absolute atomic E-state index is 11.7. The van der Waals surface area contributed by atoms with E-state index in [2.05, 4.69) is 21.7 Å². The molecule has 0 rings (SSSR count). The molecule has 0 spiro atoms. The smallest absolute Gasteiger partial charge is 0.330 e. The van der Waals surface area contributed by atoms with Crippen molar-refractivity contribution in [1.82, 2.24) is 0 Å². The van der Waals surface area contributed by atoms with Gasteiger partial charge in [-0.3, -0.25) is 9.59 Å². The molecule has 0 aliphatic rings. The minimum atomic E-state index is -2.14. The van der Waals surface area contributed by atoms with Gasteiger partial charge in [0.1, 0.15) is 16.2 Å². The van der Waals surface area contributed by atoms with E-state index >= 15 is 0 Å². The van der Waals surface area contributed by atoms with Gasteiger partial charge in [-0.2, -0.15) is 0 Å². The Morgan fingerprint density at radius 3 is 1.50 bits per heavy atom. The summed E-state index contributed by atoms with van der Waals surface area (Å²) in [5, 5.41) is -0.667. The first-order valence-electron chi connectivity index (χ1n) is 10.6. The Hall–Kier alpha value is -0.460. The van der Waals surface area contributed by atoms with Gasteiger partial charge in [0.2, 0.25) is 0 Å². The zero-order valence-corrected chi connectivity index (χ0v) is 27.0. The third-order valence-corrected chi connectivity index (χ3v) is 9.98. The molecule has 16 heteroatoms. The summed E-state index contributed by atoms with van der Waals surface area (Å²) in [7, 11) is 3.08. The van der Waals surface area contributed by atoms with E-state index in [-0.39, 0.29) is 19.6 Å². The van der Waals surface area contributed by atoms with Crippen LogP contribution in [0.4, 0.5) is 0 Å². The average molecular weight is 629 g/mol. The van der Waals surface area contributed by atoms with Crippen LogP contribution in [0.5, 0.6) is 0 Å². The highest BCUT2D eigenvalue weighted by atomic mass is 32.9. The third-order valence-electron chi connectivity index (χ3n) is 3.12. The zero-order chi connectivity index (χ0) is 28.8. The number of thiol groups is 1. The quantitative estimate of drug-likeness (QED) is 0.102. The van der Waals surface area contributed by atoms with Crippen LogP contribution in [-0.4, -0.2) is 83.1 Å². The number of hydrogen-bond donors (Lipinski definition) is 1. The first-order valence-corrected chi connectivity index (χ1v) is 19.6. The van der Waals surface area contributed by atoms with Crippen LogP contribution in [0.25, 0.3) is 0 Å². The summed E-state index contributed by atoms with van der Waals surface area (Å²) >= 11 is 15.1. The normalized spacial score (nSPS) is 14.4. The Labute approximate surface area is 234 Å². The second-order valence-corrected chi connectivity index (χ2v) is 21.5. The molecule has 3 unspecified atom stereocenters. The predicted molar refractivity (Wildman–Crippen MR) is 155 cm³/mol. The molecule has 0 aliphatic carbocycles. The average Bonchev–Trinajstić information content (AvgIpc) is 2.78. The van der Waals surface area contributed by atoms with Crippen LogP contribution in [0.15, 0.2) is 12.2 Å². The third kappa shape index (κ3) is 28.1. The molecule has 0 aromatic heterocycles. The summed E-state index contributed by atoms with van der Waals surface area (Å²) in [6.07, 6.45) is 2.04. The van der Waals surface area contributed by atoms with Crippen molar-refractivity contribution in [3.8, 4) is 0 Å². The minimum Gasteiger partial charge on any atom is -0.466 e. The lowest BCUT2D eigenvalue weighted by Crippen LogP contribution is -2.24. The van der Waals surface area contributed by atoms with Crippen LogP contribution in [0.2, 0.25) is 0 Å². The van der Waals surface area contributed by atoms with Crippen molar-refractivity contribution < 1.29 is 47.2 Å². The van der Waals surface area contributed by atoms with Gasteiger partial charge in [-0.25, -0.2) is 9.59 Å². The van der Waals surface area contributed by atoms with Crippen molar-refractivity contribution in [2.45, 2.75) is 39.4 Å². The number of carbonyl (C=O) groups is 4. The van der Waals surface area contributed by atoms with E-state index in [0.29, 0.717) is 13.2 Å². The molecule has 0 saturated carbocycles. The molecule has 10 nitrogen and oxygen atoms in total. The first kappa shape index (κ1) is 40.0. The van der Waals surface area contributed by atoms with Gasteiger partial charge in [0.05, 0.1) is 32.8 Å². The van der Waals surface area contributed by atoms with Gasteiger partial charge in [0.25, 0.3) is 0 Å². The van der Waals surface area contributed by atoms with E-state index in [1.165, 1.54) is 18.5 Å². The molecule has 3 atom stereocenters. The topological polar surface area (TPSA) is 124 Å². The molecule has 212 valence electrons. The van der Waals surface area contributed by atoms with Gasteiger partial charge >= 0.3 is 23.9 Å². The molecule has 0 aliphatic heterocycles. The fraction of sp³-hybridized carbons (Fsp3) is 0.700. The number of hydrogen-bond acceptors (Lipinski definition) is 13. The Kier molecular flexibility index (Phi) is 26.3. The second-order valence-electron chi connectivity index (χ2n) is 6.13. The van der Waals surface area contributed by atoms with Gasteiger partial charge in [-0.1, -0.05) is 35.0 Å². The predicted octanol–water partition coefficient (Wildman–Crippen LogP) is 4.36. The number of carbonyl (C=O) groups excluding carboxylic acids is 4. The maximum atomic E-state index is 11.7. The highest BCUT2D eigenvalue weighted by Crippen LogP contribution is 2.58. The molecule has 36 heavy (non-hydrogen) atoms. The van der Waals surface area contributed by atoms with E-state index in [1.54, 1.807) is 41.5 Å². The second kappa shape index (κ2) is 23.6. The Balaban J connectivity index is -0.000000518. The fourth-order valence-corrected chi connectivity index (χ4v) is 5.54. The van der Waals surface area contributed by atoms with E-state index in [0.717, 1.165) is 12.2 Å². The van der Waals surface area contributed by atoms with Crippen LogP contribution in [0, 0.1) is 0 Å². The number of rotatable bonds is 13. The SMILES string of the molecule is CCOC(=O)/C=C\C(=O)OCC.CCOC(=O)CC(SP(C)(=S)OC)C(=O)OCC.COP(C)(=S)S. The monoisotopic (exact) mass is 628 g/mol. The summed E-state index contributed by atoms with van der Waals surface area (Å²) in [5.41, 5.74) is -3.76. The lowest BCUT2D eigenvalue weighted by atomic mass is 10.3. The molecule has 0 N–H and O–H groups in total. The van der Waals surface area contributed by atoms with Crippen molar-refractivity contribution in [2.75, 3.05) is 54.0 Å². The van der Waals surface area contributed by atoms with Crippen molar-refractivity contribution >= 4 is 82.1 Å². The van der Waals surface area contributed by atoms with E-state index in [9.17, 15) is 19.2 Å². The molecular formula is C20H38O10P2S4. The first-order chi connectivity index (χ1) is 16.6. The standard InChI is InChI=1S/C10H19O5PS2.C8H12O4.C2H7OPS2/c1-5-14-9(11)7-8(10(12)15-6-2)18-16(4,17)13-3;1-3-11-7(9)5-6-8(10)12-4-2;1-3-4(2,5)6/h8H,5-7H2,1-4H3;5-6H,3-4H2,1-2H3;1-2H3,(H,5,6)/b;6-5-;. The van der Waals surface area contributed by atoms with Crippen molar-refractivity contribution in [1.29, 1.82) is 0 Å². The van der Waals surface area contributed by atoms with Crippen LogP contribution in [0.3, 0.4) is 0 Å². The largest absolute Gasteiger partial charge is 0.466 e. The van der Waals surface area contributed by atoms with Crippen molar-refractivity contribution in [2.24, 2.45) is 0 Å². The Bertz CT molecular complexity index is 766. The van der Waals surface area contributed by atoms with Gasteiger partial charge in [0.15, 0.2) is 0 Å². The summed E-state index contributed by atoms with van der Waals surface area (Å²) < 4.78 is 28.7. The summed E-state index contributed by atoms with van der Waals surface area (Å²) in [5.74, 6) is -1.96. The van der Waals surface area contributed by atoms with Crippen LogP contribution in [-0.2, 0) is 70.8 Å². The van der Waals surface area contributed by atoms with Crippen LogP contribution in [0.1, 0.15) is 34.1 Å². The summed E-state index contributed by atoms with van der Waals surface area (Å²) in [6, 6.07) is 0. The molecule has 0 bridgehead atoms. The molecule has 0 radical (unpaired) electrons. The molecule has 0 aromatic rings. The summed E-state index contributed by atoms with van der Waals surface area (Å²) in [6.45, 7) is 11.5. The van der Waals surface area contributed by atoms with Gasteiger partial charge in [-0.15, -0.1) is 12.2 Å². The highest BCUT2D eigenvalue weighted by molar-refractivity contribution is 8.69. The van der Waals surface area contributed by atoms with E-state index in [1.807, 2.05) is 6.66 Å².